The SMILES string of the molecule is CC(C)NC(=O)[C@@H](C)N(CCc1ccccc1)C(=O)COc1ccc(C(C)C)cc1Br. The second-order valence-corrected chi connectivity index (χ2v) is 9.15. The van der Waals surface area contributed by atoms with Gasteiger partial charge in [-0.1, -0.05) is 50.2 Å². The zero-order valence-electron chi connectivity index (χ0n) is 19.0. The second-order valence-electron chi connectivity index (χ2n) is 8.30. The number of hydrogen-bond donors (Lipinski definition) is 1. The van der Waals surface area contributed by atoms with Crippen LogP contribution in [0.3, 0.4) is 0 Å². The predicted octanol–water partition coefficient (Wildman–Crippen LogP) is 4.94. The Labute approximate surface area is 194 Å². The van der Waals surface area contributed by atoms with E-state index in [2.05, 4.69) is 35.1 Å². The number of nitrogens with zero attached hydrogens (tertiary/aromatic N) is 1. The molecule has 31 heavy (non-hydrogen) atoms. The van der Waals surface area contributed by atoms with Gasteiger partial charge in [0.05, 0.1) is 4.47 Å². The maximum atomic E-state index is 13.1. The largest absolute Gasteiger partial charge is 0.483 e. The van der Waals surface area contributed by atoms with Crippen LogP contribution < -0.4 is 10.1 Å². The Balaban J connectivity index is 2.10. The van der Waals surface area contributed by atoms with Crippen LogP contribution in [0.1, 0.15) is 51.7 Å². The molecule has 0 bridgehead atoms. The number of amides is 2. The van der Waals surface area contributed by atoms with Gasteiger partial charge in [-0.15, -0.1) is 0 Å². The van der Waals surface area contributed by atoms with Gasteiger partial charge in [0.25, 0.3) is 5.91 Å². The molecule has 0 aliphatic carbocycles. The molecule has 0 saturated heterocycles. The topological polar surface area (TPSA) is 58.6 Å². The van der Waals surface area contributed by atoms with Gasteiger partial charge < -0.3 is 15.0 Å². The number of halogens is 1. The minimum atomic E-state index is -0.589. The van der Waals surface area contributed by atoms with Crippen LogP contribution >= 0.6 is 15.9 Å². The summed E-state index contributed by atoms with van der Waals surface area (Å²) in [6.45, 7) is 10.1. The predicted molar refractivity (Wildman–Crippen MR) is 128 cm³/mol. The maximum Gasteiger partial charge on any atom is 0.261 e. The van der Waals surface area contributed by atoms with Crippen molar-refractivity contribution in [3.63, 3.8) is 0 Å². The summed E-state index contributed by atoms with van der Waals surface area (Å²) in [4.78, 5) is 27.2. The molecule has 6 heteroatoms. The van der Waals surface area contributed by atoms with Gasteiger partial charge in [-0.3, -0.25) is 9.59 Å². The highest BCUT2D eigenvalue weighted by molar-refractivity contribution is 9.10. The summed E-state index contributed by atoms with van der Waals surface area (Å²) in [7, 11) is 0. The van der Waals surface area contributed by atoms with Crippen LogP contribution in [-0.4, -0.2) is 41.9 Å². The first kappa shape index (κ1) is 24.9. The summed E-state index contributed by atoms with van der Waals surface area (Å²) in [6.07, 6.45) is 0.665. The normalized spacial score (nSPS) is 12.0. The third-order valence-electron chi connectivity index (χ3n) is 5.06. The third kappa shape index (κ3) is 7.69. The lowest BCUT2D eigenvalue weighted by Crippen LogP contribution is -2.51. The van der Waals surface area contributed by atoms with Crippen LogP contribution in [0, 0.1) is 0 Å². The fourth-order valence-corrected chi connectivity index (χ4v) is 3.70. The van der Waals surface area contributed by atoms with Gasteiger partial charge in [0.15, 0.2) is 6.61 Å². The number of carbonyl (C=O) groups excluding carboxylic acids is 2. The van der Waals surface area contributed by atoms with E-state index in [1.807, 2.05) is 62.4 Å². The van der Waals surface area contributed by atoms with Gasteiger partial charge in [0.1, 0.15) is 11.8 Å². The quantitative estimate of drug-likeness (QED) is 0.515. The maximum absolute atomic E-state index is 13.1. The van der Waals surface area contributed by atoms with Gasteiger partial charge in [-0.25, -0.2) is 0 Å². The van der Waals surface area contributed by atoms with Crippen molar-refractivity contribution in [2.45, 2.75) is 59.0 Å². The van der Waals surface area contributed by atoms with Crippen molar-refractivity contribution in [3.05, 3.63) is 64.1 Å². The van der Waals surface area contributed by atoms with Crippen LogP contribution in [0.25, 0.3) is 0 Å². The molecule has 5 nitrogen and oxygen atoms in total. The Bertz CT molecular complexity index is 868. The first-order valence-corrected chi connectivity index (χ1v) is 11.5. The summed E-state index contributed by atoms with van der Waals surface area (Å²) in [5.74, 6) is 0.627. The molecule has 2 amide bonds. The van der Waals surface area contributed by atoms with Crippen LogP contribution in [0.15, 0.2) is 53.0 Å². The Kier molecular flexibility index (Phi) is 9.56. The first-order valence-electron chi connectivity index (χ1n) is 10.7. The fraction of sp³-hybridized carbons (Fsp3) is 0.440. The highest BCUT2D eigenvalue weighted by atomic mass is 79.9. The molecule has 0 heterocycles. The van der Waals surface area contributed by atoms with Gasteiger partial charge in [0, 0.05) is 12.6 Å². The molecule has 168 valence electrons. The van der Waals surface area contributed by atoms with Crippen LogP contribution in [0.5, 0.6) is 5.75 Å². The molecule has 1 atom stereocenters. The summed E-state index contributed by atoms with van der Waals surface area (Å²) in [5, 5.41) is 2.89. The minimum Gasteiger partial charge on any atom is -0.483 e. The monoisotopic (exact) mass is 488 g/mol. The fourth-order valence-electron chi connectivity index (χ4n) is 3.19. The van der Waals surface area contributed by atoms with E-state index >= 15 is 0 Å². The zero-order valence-corrected chi connectivity index (χ0v) is 20.6. The molecule has 0 aromatic heterocycles. The molecule has 2 aromatic carbocycles. The number of hydrogen-bond acceptors (Lipinski definition) is 3. The van der Waals surface area contributed by atoms with Crippen molar-refractivity contribution in [1.29, 1.82) is 0 Å². The number of nitrogens with one attached hydrogen (secondary N) is 1. The summed E-state index contributed by atoms with van der Waals surface area (Å²) in [6, 6.07) is 15.2. The van der Waals surface area contributed by atoms with Crippen molar-refractivity contribution < 1.29 is 14.3 Å². The van der Waals surface area contributed by atoms with Gasteiger partial charge in [-0.2, -0.15) is 0 Å². The van der Waals surface area contributed by atoms with E-state index in [1.54, 1.807) is 11.8 Å². The standard InChI is InChI=1S/C25H33BrN2O3/c1-17(2)21-11-12-23(22(26)15-21)31-16-24(29)28(19(5)25(30)27-18(3)4)14-13-20-9-7-6-8-10-20/h6-12,15,17-19H,13-14,16H2,1-5H3,(H,27,30)/t19-/m1/s1. The molecular formula is C25H33BrN2O3. The Hall–Kier alpha value is -2.34. The molecule has 0 aliphatic heterocycles. The first-order chi connectivity index (χ1) is 14.7. The average molecular weight is 489 g/mol. The lowest BCUT2D eigenvalue weighted by Gasteiger charge is -2.29. The summed E-state index contributed by atoms with van der Waals surface area (Å²) in [5.41, 5.74) is 2.30. The second kappa shape index (κ2) is 11.9. The molecule has 2 aromatic rings. The molecule has 0 fully saturated rings. The van der Waals surface area contributed by atoms with E-state index < -0.39 is 6.04 Å². The molecule has 2 rings (SSSR count). The van der Waals surface area contributed by atoms with Crippen molar-refractivity contribution in [1.82, 2.24) is 10.2 Å². The molecule has 0 radical (unpaired) electrons. The lowest BCUT2D eigenvalue weighted by atomic mass is 10.0. The van der Waals surface area contributed by atoms with E-state index in [1.165, 1.54) is 5.56 Å². The van der Waals surface area contributed by atoms with E-state index in [4.69, 9.17) is 4.74 Å². The molecule has 0 aliphatic rings. The number of rotatable bonds is 10. The molecule has 0 saturated carbocycles. The summed E-state index contributed by atoms with van der Waals surface area (Å²) < 4.78 is 6.62. The summed E-state index contributed by atoms with van der Waals surface area (Å²) >= 11 is 3.53. The lowest BCUT2D eigenvalue weighted by molar-refractivity contribution is -0.141. The number of carbonyl (C=O) groups is 2. The molecule has 1 N–H and O–H groups in total. The molecular weight excluding hydrogens is 456 g/mol. The minimum absolute atomic E-state index is 0.00713. The Morgan fingerprint density at radius 2 is 1.71 bits per heavy atom. The van der Waals surface area contributed by atoms with Crippen molar-refractivity contribution in [3.8, 4) is 5.75 Å². The van der Waals surface area contributed by atoms with Crippen molar-refractivity contribution >= 4 is 27.7 Å². The number of benzene rings is 2. The van der Waals surface area contributed by atoms with Crippen LogP contribution in [-0.2, 0) is 16.0 Å². The van der Waals surface area contributed by atoms with Crippen LogP contribution in [0.4, 0.5) is 0 Å². The van der Waals surface area contributed by atoms with Gasteiger partial charge in [-0.05, 0) is 72.3 Å². The highest BCUT2D eigenvalue weighted by Crippen LogP contribution is 2.29. The van der Waals surface area contributed by atoms with Gasteiger partial charge in [0.2, 0.25) is 5.91 Å². The third-order valence-corrected chi connectivity index (χ3v) is 5.68. The smallest absolute Gasteiger partial charge is 0.261 e. The average Bonchev–Trinajstić information content (AvgIpc) is 2.72. The highest BCUT2D eigenvalue weighted by Gasteiger charge is 2.26. The van der Waals surface area contributed by atoms with Crippen LogP contribution in [0.2, 0.25) is 0 Å². The molecule has 0 spiro atoms. The zero-order chi connectivity index (χ0) is 23.0. The van der Waals surface area contributed by atoms with E-state index in [9.17, 15) is 9.59 Å². The van der Waals surface area contributed by atoms with Crippen molar-refractivity contribution in [2.75, 3.05) is 13.2 Å². The van der Waals surface area contributed by atoms with E-state index in [-0.39, 0.29) is 24.5 Å². The van der Waals surface area contributed by atoms with Gasteiger partial charge >= 0.3 is 0 Å². The van der Waals surface area contributed by atoms with E-state index in [0.29, 0.717) is 24.6 Å². The number of ether oxygens (including phenoxy) is 1. The Morgan fingerprint density at radius 3 is 2.29 bits per heavy atom. The molecule has 0 unspecified atom stereocenters. The van der Waals surface area contributed by atoms with E-state index in [0.717, 1.165) is 10.0 Å². The Morgan fingerprint density at radius 1 is 1.03 bits per heavy atom. The van der Waals surface area contributed by atoms with Crippen molar-refractivity contribution in [2.24, 2.45) is 0 Å².